The lowest BCUT2D eigenvalue weighted by Crippen LogP contribution is -2.61. The van der Waals surface area contributed by atoms with Crippen LogP contribution < -0.4 is 43.8 Å². The molecule has 0 spiro atoms. The minimum atomic E-state index is -5.08. The van der Waals surface area contributed by atoms with Crippen molar-refractivity contribution in [3.63, 3.8) is 0 Å². The number of alkyl halides is 3. The highest BCUT2D eigenvalue weighted by atomic mass is 19.4. The molecule has 5 atom stereocenters. The summed E-state index contributed by atoms with van der Waals surface area (Å²) in [6, 6.07) is 0.456. The van der Waals surface area contributed by atoms with Crippen LogP contribution in [0.25, 0.3) is 0 Å². The number of amides is 5. The molecule has 0 saturated carbocycles. The summed E-state index contributed by atoms with van der Waals surface area (Å²) in [5.74, 6) is -6.63. The molecule has 1 saturated heterocycles. The number of likely N-dealkylation sites (tertiary alicyclic amines) is 1. The Morgan fingerprint density at radius 2 is 1.44 bits per heavy atom. The van der Waals surface area contributed by atoms with Gasteiger partial charge in [-0.15, -0.1) is 0 Å². The number of nitrogens with one attached hydrogen (secondary N) is 5. The minimum Gasteiger partial charge on any atom is -0.508 e. The Labute approximate surface area is 382 Å². The van der Waals surface area contributed by atoms with Crippen LogP contribution in [0.15, 0.2) is 34.3 Å². The van der Waals surface area contributed by atoms with Gasteiger partial charge in [0.15, 0.2) is 11.9 Å². The van der Waals surface area contributed by atoms with Crippen molar-refractivity contribution in [3.05, 3.63) is 29.8 Å². The SMILES string of the molecule is CCNC(N)=NCCCCC(=O)N[C@@H](CCCN=C(N)N)C(=O)N1CCC[C@H]1C(=O)N[C@@H](Cc1ccc(O)cc1)C(=O)N[C@H](C(=O)N[C@@H](CC(C)C)C(=O)O)C(C)(C)C.O=C(O)C(F)(F)F. The van der Waals surface area contributed by atoms with Crippen LogP contribution in [-0.2, 0) is 40.0 Å². The van der Waals surface area contributed by atoms with Gasteiger partial charge in [-0.1, -0.05) is 46.8 Å². The third kappa shape index (κ3) is 22.0. The van der Waals surface area contributed by atoms with E-state index in [0.29, 0.717) is 50.3 Å². The molecule has 0 unspecified atom stereocenters. The zero-order valence-electron chi connectivity index (χ0n) is 38.4. The molecule has 0 aromatic heterocycles. The summed E-state index contributed by atoms with van der Waals surface area (Å²) in [5.41, 5.74) is 16.4. The second-order valence-corrected chi connectivity index (χ2v) is 17.1. The number of benzene rings is 1. The number of phenolic OH excluding ortho intramolecular Hbond substituents is 1. The number of nitrogens with two attached hydrogens (primary N) is 3. The number of rotatable bonds is 23. The molecule has 5 amide bonds. The van der Waals surface area contributed by atoms with E-state index in [4.69, 9.17) is 27.1 Å². The van der Waals surface area contributed by atoms with Crippen LogP contribution in [0.2, 0.25) is 0 Å². The zero-order chi connectivity index (χ0) is 50.4. The van der Waals surface area contributed by atoms with Crippen molar-refractivity contribution in [1.29, 1.82) is 0 Å². The van der Waals surface area contributed by atoms with Crippen molar-refractivity contribution in [1.82, 2.24) is 31.5 Å². The number of hydrogen-bond acceptors (Lipinski definition) is 10. The Morgan fingerprint density at radius 1 is 0.833 bits per heavy atom. The number of hydrogen-bond donors (Lipinski definition) is 11. The lowest BCUT2D eigenvalue weighted by Gasteiger charge is -2.33. The van der Waals surface area contributed by atoms with Gasteiger partial charge in [0.25, 0.3) is 0 Å². The number of carbonyl (C=O) groups is 7. The van der Waals surface area contributed by atoms with E-state index in [0.717, 1.165) is 0 Å². The molecule has 0 radical (unpaired) electrons. The van der Waals surface area contributed by atoms with Crippen LogP contribution in [0, 0.1) is 11.3 Å². The molecule has 66 heavy (non-hydrogen) atoms. The molecule has 1 aromatic carbocycles. The van der Waals surface area contributed by atoms with Gasteiger partial charge >= 0.3 is 18.1 Å². The Hall–Kier alpha value is -6.36. The van der Waals surface area contributed by atoms with E-state index < -0.39 is 77.4 Å². The predicted octanol–water partition coefficient (Wildman–Crippen LogP) is 0.823. The minimum absolute atomic E-state index is 0.00278. The van der Waals surface area contributed by atoms with Gasteiger partial charge in [-0.3, -0.25) is 34.0 Å². The summed E-state index contributed by atoms with van der Waals surface area (Å²) in [5, 5.41) is 40.6. The van der Waals surface area contributed by atoms with Crippen LogP contribution in [0.1, 0.15) is 98.5 Å². The van der Waals surface area contributed by atoms with Crippen molar-refractivity contribution in [2.75, 3.05) is 26.2 Å². The van der Waals surface area contributed by atoms with E-state index in [2.05, 4.69) is 36.6 Å². The number of aliphatic carboxylic acids is 2. The van der Waals surface area contributed by atoms with E-state index >= 15 is 0 Å². The van der Waals surface area contributed by atoms with Crippen LogP contribution in [-0.4, -0.2) is 136 Å². The first-order valence-corrected chi connectivity index (χ1v) is 21.6. The first kappa shape index (κ1) is 57.7. The fraction of sp³-hybridized carbons (Fsp3) is 0.643. The number of unbranched alkanes of at least 4 members (excludes halogenated alkanes) is 1. The highest BCUT2D eigenvalue weighted by molar-refractivity contribution is 5.96. The van der Waals surface area contributed by atoms with Gasteiger partial charge in [0.1, 0.15) is 36.0 Å². The van der Waals surface area contributed by atoms with Crippen LogP contribution >= 0.6 is 0 Å². The summed E-state index contributed by atoms with van der Waals surface area (Å²) >= 11 is 0. The van der Waals surface area contributed by atoms with Gasteiger partial charge in [-0.05, 0) is 80.9 Å². The molecule has 0 bridgehead atoms. The number of carboxylic acids is 2. The number of carbonyl (C=O) groups excluding carboxylic acids is 5. The van der Waals surface area contributed by atoms with Crippen molar-refractivity contribution < 1.29 is 62.1 Å². The molecule has 24 heteroatoms. The molecular weight excluding hydrogens is 876 g/mol. The summed E-state index contributed by atoms with van der Waals surface area (Å²) in [6.07, 6.45) is -2.40. The quantitative estimate of drug-likeness (QED) is 0.0411. The normalized spacial score (nSPS) is 15.8. The maximum Gasteiger partial charge on any atom is 0.490 e. The van der Waals surface area contributed by atoms with E-state index in [9.17, 15) is 52.2 Å². The number of halogens is 3. The largest absolute Gasteiger partial charge is 0.508 e. The zero-order valence-corrected chi connectivity index (χ0v) is 38.4. The average molecular weight is 944 g/mol. The summed E-state index contributed by atoms with van der Waals surface area (Å²) in [6.45, 7) is 12.2. The van der Waals surface area contributed by atoms with E-state index in [1.165, 1.54) is 17.0 Å². The van der Waals surface area contributed by atoms with Crippen molar-refractivity contribution in [2.24, 2.45) is 38.5 Å². The van der Waals surface area contributed by atoms with Gasteiger partial charge in [0, 0.05) is 39.0 Å². The Morgan fingerprint density at radius 3 is 1.97 bits per heavy atom. The smallest absolute Gasteiger partial charge is 0.490 e. The molecule has 1 fully saturated rings. The number of phenols is 1. The maximum atomic E-state index is 14.1. The standard InChI is InChI=1S/C40H67N11O8.C2HF3O2/c1-7-44-39(43)46-19-9-8-14-31(53)47-27(12-10-20-45-38(41)42)36(57)51-21-11-13-30(51)34(55)48-28(23-25-15-17-26(52)18-16-25)33(54)50-32(40(4,5)6)35(56)49-29(37(58)59)22-24(2)3;3-2(4,5)1(6)7/h15-18,24,27-30,32,52H,7-14,19-23H2,1-6H3,(H,47,53)(H,48,55)(H,49,56)(H,50,54)(H,58,59)(H4,41,42,45)(H3,43,44,46);(H,6,7)/t27-,28-,29-,30-,32+;/m0./s1. The van der Waals surface area contributed by atoms with E-state index in [1.807, 2.05) is 20.8 Å². The fourth-order valence-corrected chi connectivity index (χ4v) is 6.58. The van der Waals surface area contributed by atoms with Gasteiger partial charge in [-0.2, -0.15) is 13.2 Å². The van der Waals surface area contributed by atoms with Crippen LogP contribution in [0.5, 0.6) is 5.75 Å². The topological polar surface area (TPSA) is 346 Å². The van der Waals surface area contributed by atoms with Crippen molar-refractivity contribution in [2.45, 2.75) is 136 Å². The highest BCUT2D eigenvalue weighted by Crippen LogP contribution is 2.23. The molecule has 1 aromatic rings. The third-order valence-electron chi connectivity index (χ3n) is 9.86. The number of nitrogens with zero attached hydrogens (tertiary/aromatic N) is 3. The molecular formula is C42H68F3N11O10. The Balaban J connectivity index is 0.00000286. The first-order valence-electron chi connectivity index (χ1n) is 21.6. The first-order chi connectivity index (χ1) is 30.7. The van der Waals surface area contributed by atoms with Gasteiger partial charge in [-0.25, -0.2) is 9.59 Å². The van der Waals surface area contributed by atoms with Crippen molar-refractivity contribution in [3.8, 4) is 5.75 Å². The van der Waals surface area contributed by atoms with E-state index in [-0.39, 0.29) is 68.7 Å². The highest BCUT2D eigenvalue weighted by Gasteiger charge is 2.41. The summed E-state index contributed by atoms with van der Waals surface area (Å²) in [7, 11) is 0. The van der Waals surface area contributed by atoms with Crippen molar-refractivity contribution >= 4 is 53.4 Å². The molecule has 372 valence electrons. The number of guanidine groups is 2. The van der Waals surface area contributed by atoms with Crippen LogP contribution in [0.4, 0.5) is 13.2 Å². The Bertz CT molecular complexity index is 1840. The summed E-state index contributed by atoms with van der Waals surface area (Å²) in [4.78, 5) is 99.4. The number of carboxylic acid groups (broad SMARTS) is 2. The molecule has 0 aliphatic carbocycles. The molecule has 1 aliphatic rings. The predicted molar refractivity (Wildman–Crippen MR) is 238 cm³/mol. The lowest BCUT2D eigenvalue weighted by atomic mass is 9.85. The molecule has 1 aliphatic heterocycles. The van der Waals surface area contributed by atoms with Gasteiger partial charge in [0.2, 0.25) is 29.5 Å². The second-order valence-electron chi connectivity index (χ2n) is 17.1. The second kappa shape index (κ2) is 27.8. The molecule has 2 rings (SSSR count). The number of aromatic hydroxyl groups is 1. The number of aliphatic imine (C=N–C) groups is 2. The van der Waals surface area contributed by atoms with Gasteiger partial charge < -0.3 is 64.0 Å². The maximum absolute atomic E-state index is 14.1. The summed E-state index contributed by atoms with van der Waals surface area (Å²) < 4.78 is 31.7. The van der Waals surface area contributed by atoms with Crippen LogP contribution in [0.3, 0.4) is 0 Å². The average Bonchev–Trinajstić information content (AvgIpc) is 3.70. The molecule has 14 N–H and O–H groups in total. The monoisotopic (exact) mass is 944 g/mol. The Kier molecular flexibility index (Phi) is 24.3. The third-order valence-corrected chi connectivity index (χ3v) is 9.86. The van der Waals surface area contributed by atoms with E-state index in [1.54, 1.807) is 32.9 Å². The lowest BCUT2D eigenvalue weighted by molar-refractivity contribution is -0.192. The molecule has 1 heterocycles. The fourth-order valence-electron chi connectivity index (χ4n) is 6.58. The van der Waals surface area contributed by atoms with Gasteiger partial charge in [0.05, 0.1) is 0 Å². The molecule has 21 nitrogen and oxygen atoms in total.